The lowest BCUT2D eigenvalue weighted by Crippen LogP contribution is -2.13. The first-order valence-electron chi connectivity index (χ1n) is 7.46. The molecule has 7 heteroatoms. The van der Waals surface area contributed by atoms with Crippen LogP contribution in [0.5, 0.6) is 11.5 Å². The van der Waals surface area contributed by atoms with E-state index in [1.54, 1.807) is 26.0 Å². The molecule has 0 radical (unpaired) electrons. The van der Waals surface area contributed by atoms with Crippen molar-refractivity contribution in [2.75, 3.05) is 19.6 Å². The summed E-state index contributed by atoms with van der Waals surface area (Å²) in [6, 6.07) is 15.9. The van der Waals surface area contributed by atoms with Crippen molar-refractivity contribution in [1.82, 2.24) is 14.9 Å². The number of thioether (sulfide) groups is 1. The summed E-state index contributed by atoms with van der Waals surface area (Å²) < 4.78 is 12.6. The Hall–Kier alpha value is -2.67. The molecule has 0 bridgehead atoms. The summed E-state index contributed by atoms with van der Waals surface area (Å²) >= 11 is 1.62. The number of hydrogen-bond donors (Lipinski definition) is 1. The van der Waals surface area contributed by atoms with Gasteiger partial charge < -0.3 is 14.9 Å². The molecule has 6 nitrogen and oxygen atoms in total. The molecule has 122 valence electrons. The molecule has 0 aliphatic carbocycles. The molecule has 1 unspecified atom stereocenters. The third-order valence-electron chi connectivity index (χ3n) is 3.85. The van der Waals surface area contributed by atoms with Crippen LogP contribution in [-0.4, -0.2) is 29.1 Å². The van der Waals surface area contributed by atoms with Crippen molar-refractivity contribution in [2.24, 2.45) is 0 Å². The van der Waals surface area contributed by atoms with Gasteiger partial charge in [0.15, 0.2) is 17.3 Å². The molecule has 1 aliphatic rings. The average Bonchev–Trinajstić information content (AvgIpc) is 3.22. The van der Waals surface area contributed by atoms with Crippen molar-refractivity contribution in [1.29, 1.82) is 0 Å². The number of rotatable bonds is 4. The molecule has 1 aliphatic heterocycles. The van der Waals surface area contributed by atoms with Gasteiger partial charge in [0.25, 0.3) is 0 Å². The molecule has 1 N–H and O–H groups in total. The summed E-state index contributed by atoms with van der Waals surface area (Å²) in [4.78, 5) is 0. The number of nitrogens with zero attached hydrogens (tertiary/aromatic N) is 3. The van der Waals surface area contributed by atoms with Crippen molar-refractivity contribution >= 4 is 11.8 Å². The number of hydrogen-bond acceptors (Lipinski definition) is 6. The Balaban J connectivity index is 1.64. The average molecular weight is 340 g/mol. The van der Waals surface area contributed by atoms with Crippen LogP contribution in [0.2, 0.25) is 0 Å². The fourth-order valence-corrected chi connectivity index (χ4v) is 3.63. The number of methoxy groups -OCH3 is 2. The van der Waals surface area contributed by atoms with Gasteiger partial charge in [0.05, 0.1) is 14.2 Å². The van der Waals surface area contributed by atoms with E-state index >= 15 is 0 Å². The first-order chi connectivity index (χ1) is 11.8. The molecular weight excluding hydrogens is 324 g/mol. The lowest BCUT2D eigenvalue weighted by atomic mass is 10.2. The fourth-order valence-electron chi connectivity index (χ4n) is 2.64. The summed E-state index contributed by atoms with van der Waals surface area (Å²) in [5, 5.41) is 9.45. The highest BCUT2D eigenvalue weighted by Crippen LogP contribution is 2.42. The van der Waals surface area contributed by atoms with Crippen LogP contribution in [0.1, 0.15) is 10.9 Å². The van der Waals surface area contributed by atoms with Gasteiger partial charge in [-0.25, -0.2) is 4.68 Å². The van der Waals surface area contributed by atoms with E-state index in [4.69, 9.17) is 9.47 Å². The Labute approximate surface area is 143 Å². The Morgan fingerprint density at radius 1 is 1.00 bits per heavy atom. The number of ether oxygens (including phenoxy) is 2. The van der Waals surface area contributed by atoms with E-state index in [1.165, 1.54) is 0 Å². The smallest absolute Gasteiger partial charge is 0.212 e. The van der Waals surface area contributed by atoms with Gasteiger partial charge >= 0.3 is 0 Å². The molecule has 24 heavy (non-hydrogen) atoms. The van der Waals surface area contributed by atoms with Gasteiger partial charge in [0.1, 0.15) is 5.37 Å². The van der Waals surface area contributed by atoms with Gasteiger partial charge in [-0.2, -0.15) is 0 Å². The number of fused-ring (bicyclic) bond motifs is 1. The molecule has 0 saturated heterocycles. The minimum Gasteiger partial charge on any atom is -0.493 e. The van der Waals surface area contributed by atoms with Gasteiger partial charge in [-0.05, 0) is 17.7 Å². The van der Waals surface area contributed by atoms with Crippen LogP contribution >= 0.6 is 11.8 Å². The largest absolute Gasteiger partial charge is 0.493 e. The highest BCUT2D eigenvalue weighted by atomic mass is 32.2. The molecule has 0 fully saturated rings. The van der Waals surface area contributed by atoms with Crippen molar-refractivity contribution < 1.29 is 9.47 Å². The summed E-state index contributed by atoms with van der Waals surface area (Å²) in [5.74, 6) is 2.23. The van der Waals surface area contributed by atoms with Crippen molar-refractivity contribution in [3.63, 3.8) is 0 Å². The molecule has 0 saturated carbocycles. The van der Waals surface area contributed by atoms with Crippen molar-refractivity contribution in [3.8, 4) is 22.9 Å². The van der Waals surface area contributed by atoms with E-state index < -0.39 is 0 Å². The van der Waals surface area contributed by atoms with Crippen LogP contribution in [0, 0.1) is 0 Å². The van der Waals surface area contributed by atoms with Crippen LogP contribution in [0.25, 0.3) is 11.4 Å². The monoisotopic (exact) mass is 340 g/mol. The van der Waals surface area contributed by atoms with Crippen LogP contribution in [0.3, 0.4) is 0 Å². The Morgan fingerprint density at radius 3 is 2.54 bits per heavy atom. The summed E-state index contributed by atoms with van der Waals surface area (Å²) in [5.41, 5.74) is 5.56. The maximum Gasteiger partial charge on any atom is 0.212 e. The van der Waals surface area contributed by atoms with E-state index in [2.05, 4.69) is 15.6 Å². The third-order valence-corrected chi connectivity index (χ3v) is 4.93. The van der Waals surface area contributed by atoms with Crippen LogP contribution < -0.4 is 14.9 Å². The highest BCUT2D eigenvalue weighted by molar-refractivity contribution is 7.99. The number of benzene rings is 2. The standard InChI is InChI=1S/C17H16N4O2S/c1-22-13-9-8-12(10-14(13)23-2)16-20-21-15(18-19-17(21)24-16)11-6-4-3-5-7-11/h3-10,16,20H,1-2H3. The van der Waals surface area contributed by atoms with Crippen LogP contribution in [0.4, 0.5) is 0 Å². The van der Waals surface area contributed by atoms with E-state index in [0.29, 0.717) is 11.5 Å². The van der Waals surface area contributed by atoms with Gasteiger partial charge in [-0.15, -0.1) is 10.2 Å². The van der Waals surface area contributed by atoms with E-state index in [1.807, 2.05) is 53.2 Å². The zero-order valence-electron chi connectivity index (χ0n) is 13.3. The number of aromatic nitrogens is 3. The topological polar surface area (TPSA) is 61.2 Å². The molecule has 3 aromatic rings. The number of nitrogens with one attached hydrogen (secondary N) is 1. The molecule has 4 rings (SSSR count). The predicted octanol–water partition coefficient (Wildman–Crippen LogP) is 3.31. The summed E-state index contributed by atoms with van der Waals surface area (Å²) in [6.07, 6.45) is 0. The molecule has 0 amide bonds. The maximum atomic E-state index is 5.39. The predicted molar refractivity (Wildman–Crippen MR) is 93.0 cm³/mol. The fraction of sp³-hybridized carbons (Fsp3) is 0.176. The van der Waals surface area contributed by atoms with Crippen molar-refractivity contribution in [3.05, 3.63) is 54.1 Å². The minimum atomic E-state index is 0.0396. The second kappa shape index (κ2) is 6.09. The first-order valence-corrected chi connectivity index (χ1v) is 8.34. The molecule has 1 atom stereocenters. The lowest BCUT2D eigenvalue weighted by Gasteiger charge is -2.14. The van der Waals surface area contributed by atoms with E-state index in [0.717, 1.165) is 22.1 Å². The lowest BCUT2D eigenvalue weighted by molar-refractivity contribution is 0.354. The van der Waals surface area contributed by atoms with Crippen LogP contribution in [0.15, 0.2) is 53.7 Å². The maximum absolute atomic E-state index is 5.39. The van der Waals surface area contributed by atoms with Gasteiger partial charge in [-0.3, -0.25) is 0 Å². The van der Waals surface area contributed by atoms with E-state index in [9.17, 15) is 0 Å². The second-order valence-electron chi connectivity index (χ2n) is 5.25. The van der Waals surface area contributed by atoms with Gasteiger partial charge in [-0.1, -0.05) is 48.2 Å². The zero-order chi connectivity index (χ0) is 16.5. The molecule has 2 aromatic carbocycles. The molecule has 2 heterocycles. The third kappa shape index (κ3) is 2.46. The quantitative estimate of drug-likeness (QED) is 0.786. The van der Waals surface area contributed by atoms with Crippen molar-refractivity contribution in [2.45, 2.75) is 10.5 Å². The normalized spacial score (nSPS) is 15.7. The van der Waals surface area contributed by atoms with E-state index in [-0.39, 0.29) is 5.37 Å². The van der Waals surface area contributed by atoms with Crippen LogP contribution in [-0.2, 0) is 0 Å². The first kappa shape index (κ1) is 14.9. The molecule has 1 aromatic heterocycles. The summed E-state index contributed by atoms with van der Waals surface area (Å²) in [7, 11) is 3.27. The zero-order valence-corrected chi connectivity index (χ0v) is 14.1. The van der Waals surface area contributed by atoms with Gasteiger partial charge in [0.2, 0.25) is 5.16 Å². The Morgan fingerprint density at radius 2 is 1.79 bits per heavy atom. The minimum absolute atomic E-state index is 0.0396. The SMILES string of the molecule is COc1ccc(C2Nn3c(nnc3-c3ccccc3)S2)cc1OC. The second-order valence-corrected chi connectivity index (χ2v) is 6.32. The Bertz CT molecular complexity index is 866. The highest BCUT2D eigenvalue weighted by Gasteiger charge is 2.28. The Kier molecular flexibility index (Phi) is 3.78. The molecule has 0 spiro atoms. The summed E-state index contributed by atoms with van der Waals surface area (Å²) in [6.45, 7) is 0. The molecular formula is C17H16N4O2S. The van der Waals surface area contributed by atoms with Gasteiger partial charge in [0, 0.05) is 5.56 Å².